The SMILES string of the molecule is CCCCCCCCCCCCCCCCCCNC(=O)Cc1c[nH]c2ccc(OC(C)=O)cc12. The summed E-state index contributed by atoms with van der Waals surface area (Å²) in [6.07, 6.45) is 23.8. The van der Waals surface area contributed by atoms with E-state index in [2.05, 4.69) is 17.2 Å². The van der Waals surface area contributed by atoms with Crippen LogP contribution in [0.5, 0.6) is 5.75 Å². The van der Waals surface area contributed by atoms with E-state index in [1.165, 1.54) is 103 Å². The van der Waals surface area contributed by atoms with Gasteiger partial charge < -0.3 is 15.0 Å². The zero-order valence-corrected chi connectivity index (χ0v) is 22.3. The van der Waals surface area contributed by atoms with Gasteiger partial charge in [-0.3, -0.25) is 9.59 Å². The first-order valence-corrected chi connectivity index (χ1v) is 14.1. The minimum atomic E-state index is -0.349. The third-order valence-corrected chi connectivity index (χ3v) is 6.70. The largest absolute Gasteiger partial charge is 0.427 e. The summed E-state index contributed by atoms with van der Waals surface area (Å²) in [6, 6.07) is 5.43. The summed E-state index contributed by atoms with van der Waals surface area (Å²) in [7, 11) is 0. The number of carbonyl (C=O) groups excluding carboxylic acids is 2. The van der Waals surface area contributed by atoms with E-state index in [1.54, 1.807) is 6.07 Å². The molecule has 0 aliphatic rings. The fourth-order valence-corrected chi connectivity index (χ4v) is 4.67. The van der Waals surface area contributed by atoms with Gasteiger partial charge in [-0.1, -0.05) is 103 Å². The molecular weight excluding hydrogens is 436 g/mol. The number of carbonyl (C=O) groups is 2. The minimum absolute atomic E-state index is 0.0322. The lowest BCUT2D eigenvalue weighted by Crippen LogP contribution is -2.26. The highest BCUT2D eigenvalue weighted by molar-refractivity contribution is 5.90. The molecule has 0 radical (unpaired) electrons. The zero-order valence-electron chi connectivity index (χ0n) is 22.3. The summed E-state index contributed by atoms with van der Waals surface area (Å²) in [4.78, 5) is 26.7. The third kappa shape index (κ3) is 12.8. The Hall–Kier alpha value is -2.30. The van der Waals surface area contributed by atoms with Crippen molar-refractivity contribution in [1.29, 1.82) is 0 Å². The van der Waals surface area contributed by atoms with Gasteiger partial charge in [-0.15, -0.1) is 0 Å². The lowest BCUT2D eigenvalue weighted by Gasteiger charge is -2.06. The van der Waals surface area contributed by atoms with Crippen molar-refractivity contribution in [2.75, 3.05) is 6.54 Å². The molecule has 35 heavy (non-hydrogen) atoms. The molecule has 1 aromatic carbocycles. The van der Waals surface area contributed by atoms with Crippen LogP contribution in [0.15, 0.2) is 24.4 Å². The Morgan fingerprint density at radius 1 is 0.800 bits per heavy atom. The van der Waals surface area contributed by atoms with Crippen LogP contribution in [0, 0.1) is 0 Å². The molecule has 2 N–H and O–H groups in total. The Labute approximate surface area is 212 Å². The molecule has 0 saturated carbocycles. The van der Waals surface area contributed by atoms with Crippen LogP contribution >= 0.6 is 0 Å². The molecule has 5 nitrogen and oxygen atoms in total. The number of rotatable bonds is 20. The average Bonchev–Trinajstić information content (AvgIpc) is 3.22. The van der Waals surface area contributed by atoms with Crippen LogP contribution in [0.4, 0.5) is 0 Å². The fraction of sp³-hybridized carbons (Fsp3) is 0.667. The Bertz CT molecular complexity index is 858. The van der Waals surface area contributed by atoms with Crippen LogP contribution in [-0.2, 0) is 16.0 Å². The van der Waals surface area contributed by atoms with Gasteiger partial charge in [0.1, 0.15) is 5.75 Å². The summed E-state index contributed by atoms with van der Waals surface area (Å²) in [5, 5.41) is 3.96. The second-order valence-corrected chi connectivity index (χ2v) is 9.94. The summed E-state index contributed by atoms with van der Waals surface area (Å²) in [5.74, 6) is 0.183. The number of amides is 1. The Kier molecular flexibility index (Phi) is 14.9. The summed E-state index contributed by atoms with van der Waals surface area (Å²) in [5.41, 5.74) is 1.85. The smallest absolute Gasteiger partial charge is 0.308 e. The minimum Gasteiger partial charge on any atom is -0.427 e. The summed E-state index contributed by atoms with van der Waals surface area (Å²) in [6.45, 7) is 4.40. The lowest BCUT2D eigenvalue weighted by atomic mass is 10.0. The van der Waals surface area contributed by atoms with Gasteiger partial charge in [-0.25, -0.2) is 0 Å². The highest BCUT2D eigenvalue weighted by Gasteiger charge is 2.10. The number of fused-ring (bicyclic) bond motifs is 1. The van der Waals surface area contributed by atoms with Gasteiger partial charge in [0.15, 0.2) is 0 Å². The average molecular weight is 485 g/mol. The van der Waals surface area contributed by atoms with Gasteiger partial charge in [0, 0.05) is 30.6 Å². The van der Waals surface area contributed by atoms with E-state index in [0.717, 1.165) is 29.4 Å². The predicted octanol–water partition coefficient (Wildman–Crippen LogP) is 8.01. The summed E-state index contributed by atoms with van der Waals surface area (Å²) >= 11 is 0. The Balaban J connectivity index is 1.44. The van der Waals surface area contributed by atoms with Gasteiger partial charge in [-0.05, 0) is 30.2 Å². The highest BCUT2D eigenvalue weighted by Crippen LogP contribution is 2.24. The van der Waals surface area contributed by atoms with Gasteiger partial charge in [0.2, 0.25) is 5.91 Å². The first kappa shape index (κ1) is 28.9. The Morgan fingerprint density at radius 3 is 1.89 bits per heavy atom. The van der Waals surface area contributed by atoms with Crippen LogP contribution in [-0.4, -0.2) is 23.4 Å². The Morgan fingerprint density at radius 2 is 1.34 bits per heavy atom. The van der Waals surface area contributed by atoms with E-state index < -0.39 is 0 Å². The molecule has 0 spiro atoms. The first-order valence-electron chi connectivity index (χ1n) is 14.1. The normalized spacial score (nSPS) is 11.1. The molecule has 0 aliphatic heterocycles. The number of hydrogen-bond donors (Lipinski definition) is 2. The van der Waals surface area contributed by atoms with Crippen molar-refractivity contribution in [3.63, 3.8) is 0 Å². The van der Waals surface area contributed by atoms with Gasteiger partial charge in [0.05, 0.1) is 6.42 Å². The number of ether oxygens (including phenoxy) is 1. The van der Waals surface area contributed by atoms with Crippen molar-refractivity contribution in [1.82, 2.24) is 10.3 Å². The fourth-order valence-electron chi connectivity index (χ4n) is 4.67. The first-order chi connectivity index (χ1) is 17.1. The number of aromatic amines is 1. The topological polar surface area (TPSA) is 71.2 Å². The standard InChI is InChI=1S/C30H48N2O3/c1-3-4-5-6-7-8-9-10-11-12-13-14-15-16-17-18-21-31-30(34)22-26-24-32-29-20-19-27(23-28(26)29)35-25(2)33/h19-20,23-24,32H,3-18,21-22H2,1-2H3,(H,31,34). The molecule has 0 unspecified atom stereocenters. The van der Waals surface area contributed by atoms with E-state index in [4.69, 9.17) is 4.74 Å². The molecular formula is C30H48N2O3. The number of H-pyrrole nitrogens is 1. The van der Waals surface area contributed by atoms with Crippen LogP contribution in [0.2, 0.25) is 0 Å². The molecule has 1 amide bonds. The van der Waals surface area contributed by atoms with Crippen molar-refractivity contribution in [2.24, 2.45) is 0 Å². The number of nitrogens with one attached hydrogen (secondary N) is 2. The van der Waals surface area contributed by atoms with Crippen LogP contribution in [0.25, 0.3) is 10.9 Å². The van der Waals surface area contributed by atoms with E-state index in [1.807, 2.05) is 18.3 Å². The molecule has 0 atom stereocenters. The maximum atomic E-state index is 12.4. The van der Waals surface area contributed by atoms with E-state index in [9.17, 15) is 9.59 Å². The van der Waals surface area contributed by atoms with Crippen molar-refractivity contribution >= 4 is 22.8 Å². The van der Waals surface area contributed by atoms with Crippen molar-refractivity contribution < 1.29 is 14.3 Å². The molecule has 1 aromatic heterocycles. The maximum absolute atomic E-state index is 12.4. The maximum Gasteiger partial charge on any atom is 0.308 e. The molecule has 0 saturated heterocycles. The molecule has 0 aliphatic carbocycles. The molecule has 5 heteroatoms. The number of aromatic nitrogens is 1. The predicted molar refractivity (Wildman–Crippen MR) is 146 cm³/mol. The number of unbranched alkanes of at least 4 members (excludes halogenated alkanes) is 15. The third-order valence-electron chi connectivity index (χ3n) is 6.70. The lowest BCUT2D eigenvalue weighted by molar-refractivity contribution is -0.131. The van der Waals surface area contributed by atoms with E-state index in [-0.39, 0.29) is 11.9 Å². The van der Waals surface area contributed by atoms with Crippen molar-refractivity contribution in [2.45, 2.75) is 123 Å². The van der Waals surface area contributed by atoms with Crippen molar-refractivity contribution in [3.05, 3.63) is 30.0 Å². The van der Waals surface area contributed by atoms with Crippen LogP contribution in [0.1, 0.15) is 122 Å². The quantitative estimate of drug-likeness (QED) is 0.114. The number of hydrogen-bond acceptors (Lipinski definition) is 3. The molecule has 196 valence electrons. The van der Waals surface area contributed by atoms with Gasteiger partial charge in [-0.2, -0.15) is 0 Å². The molecule has 2 aromatic rings. The van der Waals surface area contributed by atoms with Crippen molar-refractivity contribution in [3.8, 4) is 5.75 Å². The van der Waals surface area contributed by atoms with Crippen LogP contribution in [0.3, 0.4) is 0 Å². The molecule has 2 rings (SSSR count). The summed E-state index contributed by atoms with van der Waals surface area (Å²) < 4.78 is 5.16. The van der Waals surface area contributed by atoms with Crippen LogP contribution < -0.4 is 10.1 Å². The zero-order chi connectivity index (χ0) is 25.1. The number of esters is 1. The van der Waals surface area contributed by atoms with E-state index in [0.29, 0.717) is 12.2 Å². The monoisotopic (exact) mass is 484 g/mol. The second-order valence-electron chi connectivity index (χ2n) is 9.94. The second kappa shape index (κ2) is 18.0. The molecule has 1 heterocycles. The molecule has 0 bridgehead atoms. The van der Waals surface area contributed by atoms with Gasteiger partial charge in [0.25, 0.3) is 0 Å². The number of benzene rings is 1. The van der Waals surface area contributed by atoms with E-state index >= 15 is 0 Å². The molecule has 0 fully saturated rings. The highest BCUT2D eigenvalue weighted by atomic mass is 16.5. The van der Waals surface area contributed by atoms with Gasteiger partial charge >= 0.3 is 5.97 Å².